The van der Waals surface area contributed by atoms with Gasteiger partial charge in [0.1, 0.15) is 5.67 Å². The van der Waals surface area contributed by atoms with E-state index in [1.165, 1.54) is 5.57 Å². The maximum atomic E-state index is 13.9. The van der Waals surface area contributed by atoms with Gasteiger partial charge in [-0.2, -0.15) is 0 Å². The molecule has 0 aromatic heterocycles. The van der Waals surface area contributed by atoms with Gasteiger partial charge in [0.05, 0.1) is 0 Å². The lowest BCUT2D eigenvalue weighted by Gasteiger charge is -2.33. The molecule has 0 aromatic rings. The van der Waals surface area contributed by atoms with Crippen LogP contribution < -0.4 is 0 Å². The average molecular weight is 232 g/mol. The zero-order chi connectivity index (χ0) is 12.7. The van der Waals surface area contributed by atoms with Crippen molar-refractivity contribution in [1.29, 1.82) is 0 Å². The van der Waals surface area contributed by atoms with E-state index in [-0.39, 0.29) is 5.41 Å². The average Bonchev–Trinajstić information content (AvgIpc) is 2.49. The van der Waals surface area contributed by atoms with Gasteiger partial charge in [-0.25, -0.2) is 4.39 Å². The van der Waals surface area contributed by atoms with Gasteiger partial charge in [0.2, 0.25) is 0 Å². The van der Waals surface area contributed by atoms with Crippen LogP contribution >= 0.6 is 0 Å². The highest BCUT2D eigenvalue weighted by Crippen LogP contribution is 2.54. The summed E-state index contributed by atoms with van der Waals surface area (Å²) in [4.78, 5) is 0. The van der Waals surface area contributed by atoms with E-state index in [2.05, 4.69) is 31.4 Å². The van der Waals surface area contributed by atoms with Gasteiger partial charge < -0.3 is 0 Å². The van der Waals surface area contributed by atoms with Gasteiger partial charge in [0.25, 0.3) is 0 Å². The topological polar surface area (TPSA) is 0 Å². The van der Waals surface area contributed by atoms with Crippen LogP contribution in [0.25, 0.3) is 0 Å². The second-order valence-electron chi connectivity index (χ2n) is 5.89. The third-order valence-corrected chi connectivity index (χ3v) is 4.24. The van der Waals surface area contributed by atoms with Gasteiger partial charge in [-0.05, 0) is 44.6 Å². The van der Waals surface area contributed by atoms with Crippen molar-refractivity contribution >= 4 is 0 Å². The van der Waals surface area contributed by atoms with E-state index in [1.807, 2.05) is 6.08 Å². The fraction of sp³-hybridized carbons (Fsp3) is 0.500. The molecular weight excluding hydrogens is 211 g/mol. The Kier molecular flexibility index (Phi) is 2.89. The van der Waals surface area contributed by atoms with Crippen LogP contribution in [0.2, 0.25) is 0 Å². The summed E-state index contributed by atoms with van der Waals surface area (Å²) in [6.07, 6.45) is 11.4. The van der Waals surface area contributed by atoms with Crippen LogP contribution in [0.3, 0.4) is 0 Å². The molecule has 1 fully saturated rings. The summed E-state index contributed by atoms with van der Waals surface area (Å²) in [6.45, 7) is 11.1. The maximum Gasteiger partial charge on any atom is 0.126 e. The van der Waals surface area contributed by atoms with Crippen LogP contribution in [-0.2, 0) is 0 Å². The number of hydrogen-bond donors (Lipinski definition) is 0. The van der Waals surface area contributed by atoms with Gasteiger partial charge >= 0.3 is 0 Å². The van der Waals surface area contributed by atoms with Gasteiger partial charge in [-0.15, -0.1) is 6.58 Å². The molecule has 2 unspecified atom stereocenters. The molecule has 0 radical (unpaired) electrons. The SMILES string of the molecule is C=CC1(CC(=C)C(C)(C)F)CC2=CC=CC1C2. The summed E-state index contributed by atoms with van der Waals surface area (Å²) >= 11 is 0. The van der Waals surface area contributed by atoms with Gasteiger partial charge in [-0.3, -0.25) is 0 Å². The van der Waals surface area contributed by atoms with Crippen molar-refractivity contribution in [1.82, 2.24) is 0 Å². The molecular formula is C16H21F. The lowest BCUT2D eigenvalue weighted by molar-refractivity contribution is 0.230. The first-order valence-corrected chi connectivity index (χ1v) is 6.24. The first kappa shape index (κ1) is 12.3. The summed E-state index contributed by atoms with van der Waals surface area (Å²) in [7, 11) is 0. The summed E-state index contributed by atoms with van der Waals surface area (Å²) in [5, 5.41) is 0. The quantitative estimate of drug-likeness (QED) is 0.613. The monoisotopic (exact) mass is 232 g/mol. The molecule has 0 N–H and O–H groups in total. The molecule has 0 amide bonds. The van der Waals surface area contributed by atoms with Crippen LogP contribution in [-0.4, -0.2) is 5.67 Å². The number of hydrogen-bond acceptors (Lipinski definition) is 0. The Hall–Kier alpha value is -1.11. The van der Waals surface area contributed by atoms with Crippen molar-refractivity contribution in [3.05, 3.63) is 48.6 Å². The Morgan fingerprint density at radius 2 is 2.35 bits per heavy atom. The lowest BCUT2D eigenvalue weighted by atomic mass is 9.71. The minimum Gasteiger partial charge on any atom is -0.240 e. The molecule has 2 bridgehead atoms. The zero-order valence-electron chi connectivity index (χ0n) is 10.8. The predicted molar refractivity (Wildman–Crippen MR) is 71.5 cm³/mol. The van der Waals surface area contributed by atoms with Crippen LogP contribution in [0.4, 0.5) is 4.39 Å². The smallest absolute Gasteiger partial charge is 0.126 e. The van der Waals surface area contributed by atoms with Crippen molar-refractivity contribution in [2.45, 2.75) is 38.8 Å². The summed E-state index contributed by atoms with van der Waals surface area (Å²) in [6, 6.07) is 0. The first-order chi connectivity index (χ1) is 7.87. The van der Waals surface area contributed by atoms with E-state index in [4.69, 9.17) is 0 Å². The maximum absolute atomic E-state index is 13.9. The molecule has 2 aliphatic rings. The Bertz CT molecular complexity index is 406. The van der Waals surface area contributed by atoms with E-state index in [0.717, 1.165) is 12.8 Å². The normalized spacial score (nSPS) is 31.2. The number of rotatable bonds is 4. The molecule has 1 saturated carbocycles. The Labute approximate surface area is 104 Å². The molecule has 0 nitrogen and oxygen atoms in total. The van der Waals surface area contributed by atoms with E-state index in [0.29, 0.717) is 17.9 Å². The Balaban J connectivity index is 2.23. The van der Waals surface area contributed by atoms with Gasteiger partial charge in [0, 0.05) is 5.41 Å². The minimum atomic E-state index is -1.30. The minimum absolute atomic E-state index is 0.0146. The Morgan fingerprint density at radius 3 is 2.88 bits per heavy atom. The molecule has 1 heteroatoms. The fourth-order valence-electron chi connectivity index (χ4n) is 2.92. The fourth-order valence-corrected chi connectivity index (χ4v) is 2.92. The molecule has 0 heterocycles. The highest BCUT2D eigenvalue weighted by molar-refractivity contribution is 5.33. The van der Waals surface area contributed by atoms with Crippen LogP contribution in [0.15, 0.2) is 48.6 Å². The highest BCUT2D eigenvalue weighted by Gasteiger charge is 2.43. The molecule has 0 aliphatic heterocycles. The van der Waals surface area contributed by atoms with Crippen molar-refractivity contribution in [2.24, 2.45) is 11.3 Å². The predicted octanol–water partition coefficient (Wildman–Crippen LogP) is 4.76. The molecule has 0 saturated heterocycles. The standard InChI is InChI=1S/C16H21F/c1-5-16(10-12(2)15(3,4)17)11-13-7-6-8-14(16)9-13/h5-8,14H,1-2,9-11H2,3-4H3. The van der Waals surface area contributed by atoms with Gasteiger partial charge in [0.15, 0.2) is 0 Å². The first-order valence-electron chi connectivity index (χ1n) is 6.24. The number of halogens is 1. The molecule has 0 aromatic carbocycles. The number of fused-ring (bicyclic) bond motifs is 2. The second kappa shape index (κ2) is 3.97. The third kappa shape index (κ3) is 2.15. The van der Waals surface area contributed by atoms with Crippen molar-refractivity contribution < 1.29 is 4.39 Å². The molecule has 92 valence electrons. The molecule has 0 spiro atoms. The van der Waals surface area contributed by atoms with Crippen molar-refractivity contribution in [3.63, 3.8) is 0 Å². The van der Waals surface area contributed by atoms with Crippen LogP contribution in [0, 0.1) is 11.3 Å². The van der Waals surface area contributed by atoms with Crippen molar-refractivity contribution in [2.75, 3.05) is 0 Å². The van der Waals surface area contributed by atoms with Crippen LogP contribution in [0.1, 0.15) is 33.1 Å². The van der Waals surface area contributed by atoms with E-state index in [9.17, 15) is 4.39 Å². The van der Waals surface area contributed by atoms with Gasteiger partial charge in [-0.1, -0.05) is 36.5 Å². The number of allylic oxidation sites excluding steroid dienone is 6. The van der Waals surface area contributed by atoms with Crippen LogP contribution in [0.5, 0.6) is 0 Å². The largest absolute Gasteiger partial charge is 0.240 e. The zero-order valence-corrected chi connectivity index (χ0v) is 10.8. The van der Waals surface area contributed by atoms with Crippen molar-refractivity contribution in [3.8, 4) is 0 Å². The summed E-state index contributed by atoms with van der Waals surface area (Å²) in [5.41, 5.74) is 0.824. The molecule has 2 rings (SSSR count). The molecule has 2 atom stereocenters. The third-order valence-electron chi connectivity index (χ3n) is 4.24. The highest BCUT2D eigenvalue weighted by atomic mass is 19.1. The Morgan fingerprint density at radius 1 is 1.65 bits per heavy atom. The summed E-state index contributed by atoms with van der Waals surface area (Å²) in [5.74, 6) is 0.471. The van der Waals surface area contributed by atoms with E-state index in [1.54, 1.807) is 13.8 Å². The molecule has 17 heavy (non-hydrogen) atoms. The number of alkyl halides is 1. The lowest BCUT2D eigenvalue weighted by Crippen LogP contribution is -2.27. The summed E-state index contributed by atoms with van der Waals surface area (Å²) < 4.78 is 13.9. The molecule has 2 aliphatic carbocycles. The second-order valence-corrected chi connectivity index (χ2v) is 5.89. The van der Waals surface area contributed by atoms with E-state index < -0.39 is 5.67 Å². The van der Waals surface area contributed by atoms with E-state index >= 15 is 0 Å².